The van der Waals surface area contributed by atoms with E-state index in [0.717, 1.165) is 12.2 Å². The number of benzene rings is 1. The number of carboxylic acids is 1. The molecule has 1 aliphatic heterocycles. The van der Waals surface area contributed by atoms with E-state index in [1.54, 1.807) is 0 Å². The van der Waals surface area contributed by atoms with Crippen molar-refractivity contribution in [1.82, 2.24) is 5.32 Å². The first-order valence-corrected chi connectivity index (χ1v) is 6.75. The average Bonchev–Trinajstić information content (AvgIpc) is 2.51. The van der Waals surface area contributed by atoms with Gasteiger partial charge in [-0.15, -0.1) is 0 Å². The first kappa shape index (κ1) is 13.9. The van der Waals surface area contributed by atoms with E-state index < -0.39 is 5.97 Å². The standard InChI is InChI=1S/C15H22N2O2/c1-10-4-5-14(11(2)6-10)17-8-12(3)16-7-13(9-17)15(18)19/h4-6,12-13,16H,7-9H2,1-3H3,(H,18,19). The first-order chi connectivity index (χ1) is 8.97. The van der Waals surface area contributed by atoms with Crippen LogP contribution in [0.2, 0.25) is 0 Å². The van der Waals surface area contributed by atoms with Crippen molar-refractivity contribution < 1.29 is 9.90 Å². The molecule has 0 spiro atoms. The lowest BCUT2D eigenvalue weighted by Gasteiger charge is -2.27. The van der Waals surface area contributed by atoms with Crippen molar-refractivity contribution in [3.05, 3.63) is 29.3 Å². The number of hydrogen-bond donors (Lipinski definition) is 2. The van der Waals surface area contributed by atoms with E-state index >= 15 is 0 Å². The monoisotopic (exact) mass is 262 g/mol. The second-order valence-corrected chi connectivity index (χ2v) is 5.54. The van der Waals surface area contributed by atoms with Gasteiger partial charge in [-0.3, -0.25) is 4.79 Å². The van der Waals surface area contributed by atoms with E-state index in [9.17, 15) is 9.90 Å². The number of nitrogens with zero attached hydrogens (tertiary/aromatic N) is 1. The molecular weight excluding hydrogens is 240 g/mol. The molecule has 0 saturated carbocycles. The van der Waals surface area contributed by atoms with Gasteiger partial charge >= 0.3 is 5.97 Å². The molecule has 0 bridgehead atoms. The third-order valence-corrected chi connectivity index (χ3v) is 3.69. The molecule has 0 radical (unpaired) electrons. The summed E-state index contributed by atoms with van der Waals surface area (Å²) in [6, 6.07) is 6.63. The molecule has 2 rings (SSSR count). The van der Waals surface area contributed by atoms with Crippen LogP contribution >= 0.6 is 0 Å². The predicted octanol–water partition coefficient (Wildman–Crippen LogP) is 1.80. The Morgan fingerprint density at radius 2 is 2.11 bits per heavy atom. The van der Waals surface area contributed by atoms with Crippen LogP contribution in [0.15, 0.2) is 18.2 Å². The number of nitrogens with one attached hydrogen (secondary N) is 1. The Kier molecular flexibility index (Phi) is 4.10. The molecule has 104 valence electrons. The summed E-state index contributed by atoms with van der Waals surface area (Å²) < 4.78 is 0. The summed E-state index contributed by atoms with van der Waals surface area (Å²) in [5.74, 6) is -1.08. The molecule has 1 heterocycles. The smallest absolute Gasteiger partial charge is 0.309 e. The van der Waals surface area contributed by atoms with Crippen molar-refractivity contribution >= 4 is 11.7 Å². The molecule has 2 N–H and O–H groups in total. The normalized spacial score (nSPS) is 24.1. The third kappa shape index (κ3) is 3.26. The van der Waals surface area contributed by atoms with Gasteiger partial charge in [-0.25, -0.2) is 0 Å². The maximum atomic E-state index is 11.3. The second-order valence-electron chi connectivity index (χ2n) is 5.54. The van der Waals surface area contributed by atoms with Crippen molar-refractivity contribution in [3.8, 4) is 0 Å². The van der Waals surface area contributed by atoms with Crippen LogP contribution in [0.1, 0.15) is 18.1 Å². The van der Waals surface area contributed by atoms with Crippen LogP contribution in [0.4, 0.5) is 5.69 Å². The number of aliphatic carboxylic acids is 1. The molecular formula is C15H22N2O2. The van der Waals surface area contributed by atoms with Crippen LogP contribution < -0.4 is 10.2 Å². The van der Waals surface area contributed by atoms with Gasteiger partial charge in [0.2, 0.25) is 0 Å². The van der Waals surface area contributed by atoms with Gasteiger partial charge in [0.25, 0.3) is 0 Å². The lowest BCUT2D eigenvalue weighted by Crippen LogP contribution is -2.35. The van der Waals surface area contributed by atoms with Crippen LogP contribution in [0.5, 0.6) is 0 Å². The molecule has 1 aliphatic rings. The topological polar surface area (TPSA) is 52.6 Å². The van der Waals surface area contributed by atoms with Gasteiger partial charge in [-0.05, 0) is 32.4 Å². The molecule has 4 nitrogen and oxygen atoms in total. The number of carbonyl (C=O) groups is 1. The van der Waals surface area contributed by atoms with Crippen molar-refractivity contribution in [2.45, 2.75) is 26.8 Å². The quantitative estimate of drug-likeness (QED) is 0.853. The zero-order valence-electron chi connectivity index (χ0n) is 11.8. The van der Waals surface area contributed by atoms with Crippen LogP contribution in [-0.4, -0.2) is 36.8 Å². The summed E-state index contributed by atoms with van der Waals surface area (Å²) in [5.41, 5.74) is 3.59. The van der Waals surface area contributed by atoms with Crippen molar-refractivity contribution in [1.29, 1.82) is 0 Å². The molecule has 1 fully saturated rings. The Balaban J connectivity index is 2.27. The minimum atomic E-state index is -0.726. The molecule has 4 heteroatoms. The fourth-order valence-electron chi connectivity index (χ4n) is 2.67. The summed E-state index contributed by atoms with van der Waals surface area (Å²) in [5, 5.41) is 12.5. The molecule has 19 heavy (non-hydrogen) atoms. The summed E-state index contributed by atoms with van der Waals surface area (Å²) in [4.78, 5) is 13.5. The van der Waals surface area contributed by atoms with E-state index in [2.05, 4.69) is 49.2 Å². The van der Waals surface area contributed by atoms with Crippen LogP contribution in [0.3, 0.4) is 0 Å². The van der Waals surface area contributed by atoms with Crippen molar-refractivity contribution in [2.24, 2.45) is 5.92 Å². The lowest BCUT2D eigenvalue weighted by atomic mass is 10.1. The number of carboxylic acid groups (broad SMARTS) is 1. The number of aryl methyl sites for hydroxylation is 2. The van der Waals surface area contributed by atoms with Crippen molar-refractivity contribution in [2.75, 3.05) is 24.5 Å². The van der Waals surface area contributed by atoms with E-state index in [4.69, 9.17) is 0 Å². The highest BCUT2D eigenvalue weighted by Gasteiger charge is 2.26. The maximum absolute atomic E-state index is 11.3. The average molecular weight is 262 g/mol. The van der Waals surface area contributed by atoms with E-state index in [0.29, 0.717) is 19.1 Å². The Hall–Kier alpha value is -1.55. The fourth-order valence-corrected chi connectivity index (χ4v) is 2.67. The highest BCUT2D eigenvalue weighted by molar-refractivity contribution is 5.71. The van der Waals surface area contributed by atoms with Gasteiger partial charge in [0, 0.05) is 31.4 Å². The van der Waals surface area contributed by atoms with Crippen LogP contribution in [0, 0.1) is 19.8 Å². The molecule has 2 atom stereocenters. The molecule has 1 aromatic rings. The van der Waals surface area contributed by atoms with Gasteiger partial charge < -0.3 is 15.3 Å². The molecule has 1 aromatic carbocycles. The minimum Gasteiger partial charge on any atom is -0.481 e. The summed E-state index contributed by atoms with van der Waals surface area (Å²) in [6.45, 7) is 8.20. The second kappa shape index (κ2) is 5.61. The van der Waals surface area contributed by atoms with E-state index in [-0.39, 0.29) is 5.92 Å². The Morgan fingerprint density at radius 1 is 1.37 bits per heavy atom. The Bertz CT molecular complexity index is 473. The highest BCUT2D eigenvalue weighted by Crippen LogP contribution is 2.23. The fraction of sp³-hybridized carbons (Fsp3) is 0.533. The summed E-state index contributed by atoms with van der Waals surface area (Å²) in [6.07, 6.45) is 0. The Labute approximate surface area is 114 Å². The molecule has 0 aliphatic carbocycles. The predicted molar refractivity (Wildman–Crippen MR) is 76.7 cm³/mol. The largest absolute Gasteiger partial charge is 0.481 e. The molecule has 2 unspecified atom stereocenters. The summed E-state index contributed by atoms with van der Waals surface area (Å²) in [7, 11) is 0. The van der Waals surface area contributed by atoms with Gasteiger partial charge in [0.15, 0.2) is 0 Å². The lowest BCUT2D eigenvalue weighted by molar-refractivity contribution is -0.141. The zero-order valence-corrected chi connectivity index (χ0v) is 11.8. The number of hydrogen-bond acceptors (Lipinski definition) is 3. The van der Waals surface area contributed by atoms with Gasteiger partial charge in [0.05, 0.1) is 5.92 Å². The zero-order chi connectivity index (χ0) is 14.0. The number of rotatable bonds is 2. The highest BCUT2D eigenvalue weighted by atomic mass is 16.4. The van der Waals surface area contributed by atoms with Crippen LogP contribution in [0.25, 0.3) is 0 Å². The number of anilines is 1. The molecule has 0 aromatic heterocycles. The minimum absolute atomic E-state index is 0.296. The van der Waals surface area contributed by atoms with Gasteiger partial charge in [0.1, 0.15) is 0 Å². The first-order valence-electron chi connectivity index (χ1n) is 6.75. The van der Waals surface area contributed by atoms with Crippen molar-refractivity contribution in [3.63, 3.8) is 0 Å². The Morgan fingerprint density at radius 3 is 2.74 bits per heavy atom. The van der Waals surface area contributed by atoms with E-state index in [1.165, 1.54) is 11.1 Å². The molecule has 1 saturated heterocycles. The SMILES string of the molecule is Cc1ccc(N2CC(C)NCC(C(=O)O)C2)c(C)c1. The maximum Gasteiger partial charge on any atom is 0.309 e. The van der Waals surface area contributed by atoms with Gasteiger partial charge in [-0.2, -0.15) is 0 Å². The van der Waals surface area contributed by atoms with E-state index in [1.807, 2.05) is 0 Å². The molecule has 0 amide bonds. The summed E-state index contributed by atoms with van der Waals surface area (Å²) >= 11 is 0. The van der Waals surface area contributed by atoms with Crippen LogP contribution in [-0.2, 0) is 4.79 Å². The third-order valence-electron chi connectivity index (χ3n) is 3.69. The van der Waals surface area contributed by atoms with Gasteiger partial charge in [-0.1, -0.05) is 17.7 Å².